The van der Waals surface area contributed by atoms with Crippen LogP contribution < -0.4 is 14.8 Å². The van der Waals surface area contributed by atoms with Gasteiger partial charge in [0.05, 0.1) is 25.7 Å². The minimum atomic E-state index is -3.76. The molecule has 0 bridgehead atoms. The molecule has 0 spiro atoms. The molecule has 2 aromatic carbocycles. The van der Waals surface area contributed by atoms with E-state index in [0.717, 1.165) is 37.7 Å². The van der Waals surface area contributed by atoms with Crippen LogP contribution in [0.2, 0.25) is 0 Å². The van der Waals surface area contributed by atoms with Gasteiger partial charge in [0, 0.05) is 32.2 Å². The van der Waals surface area contributed by atoms with Crippen LogP contribution >= 0.6 is 0 Å². The molecule has 41 heavy (non-hydrogen) atoms. The fraction of sp³-hybridized carbons (Fsp3) is 0.567. The zero-order chi connectivity index (χ0) is 30.0. The third-order valence-corrected chi connectivity index (χ3v) is 9.66. The summed E-state index contributed by atoms with van der Waals surface area (Å²) in [6.07, 6.45) is 5.20. The summed E-state index contributed by atoms with van der Waals surface area (Å²) in [5, 5.41) is 2.91. The zero-order valence-electron chi connectivity index (χ0n) is 24.8. The molecule has 1 atom stereocenters. The number of nitrogens with one attached hydrogen (secondary N) is 1. The molecule has 0 radical (unpaired) electrons. The van der Waals surface area contributed by atoms with Gasteiger partial charge in [-0.25, -0.2) is 12.8 Å². The average molecular weight is 594 g/mol. The number of methoxy groups -OCH3 is 2. The van der Waals surface area contributed by atoms with Crippen LogP contribution in [-0.2, 0) is 19.6 Å². The van der Waals surface area contributed by atoms with Gasteiger partial charge in [0.25, 0.3) is 0 Å². The van der Waals surface area contributed by atoms with Gasteiger partial charge in [-0.15, -0.1) is 0 Å². The number of rotatable bonds is 15. The van der Waals surface area contributed by atoms with Crippen molar-refractivity contribution in [3.63, 3.8) is 0 Å². The first-order valence-corrected chi connectivity index (χ1v) is 15.5. The summed E-state index contributed by atoms with van der Waals surface area (Å²) in [5.41, 5.74) is 1.02. The maximum absolute atomic E-state index is 13.8. The molecule has 1 unspecified atom stereocenters. The molecule has 0 heterocycles. The molecular weight excluding hydrogens is 549 g/mol. The van der Waals surface area contributed by atoms with Crippen LogP contribution in [0.5, 0.6) is 11.5 Å². The van der Waals surface area contributed by atoms with Gasteiger partial charge in [-0.2, -0.15) is 4.31 Å². The lowest BCUT2D eigenvalue weighted by Crippen LogP contribution is -2.34. The molecule has 1 aliphatic carbocycles. The number of amides is 1. The normalized spacial score (nSPS) is 18.3. The molecule has 3 rings (SSSR count). The summed E-state index contributed by atoms with van der Waals surface area (Å²) in [4.78, 5) is 14.5. The van der Waals surface area contributed by atoms with E-state index in [2.05, 4.69) is 24.3 Å². The number of benzene rings is 2. The van der Waals surface area contributed by atoms with Crippen LogP contribution in [0.1, 0.15) is 43.7 Å². The maximum atomic E-state index is 13.8. The molecule has 0 saturated heterocycles. The van der Waals surface area contributed by atoms with Crippen molar-refractivity contribution in [3.05, 3.63) is 53.8 Å². The topological polar surface area (TPSA) is 97.4 Å². The van der Waals surface area contributed by atoms with E-state index in [4.69, 9.17) is 14.2 Å². The molecule has 0 aliphatic heterocycles. The molecule has 1 N–H and O–H groups in total. The molecule has 1 fully saturated rings. The van der Waals surface area contributed by atoms with Crippen molar-refractivity contribution in [2.24, 2.45) is 11.8 Å². The lowest BCUT2D eigenvalue weighted by atomic mass is 9.75. The maximum Gasteiger partial charge on any atom is 0.245 e. The van der Waals surface area contributed by atoms with Gasteiger partial charge in [-0.05, 0) is 75.0 Å². The van der Waals surface area contributed by atoms with E-state index in [9.17, 15) is 17.6 Å². The van der Waals surface area contributed by atoms with Crippen LogP contribution in [0.15, 0.2) is 47.4 Å². The molecule has 1 aliphatic rings. The Morgan fingerprint density at radius 1 is 1.02 bits per heavy atom. The Balaban J connectivity index is 1.34. The van der Waals surface area contributed by atoms with E-state index in [0.29, 0.717) is 29.9 Å². The largest absolute Gasteiger partial charge is 0.493 e. The number of hydrogen-bond donors (Lipinski definition) is 1. The second-order valence-corrected chi connectivity index (χ2v) is 12.8. The third kappa shape index (κ3) is 9.13. The molecule has 2 aromatic rings. The average Bonchev–Trinajstić information content (AvgIpc) is 2.95. The molecule has 0 aromatic heterocycles. The lowest BCUT2D eigenvalue weighted by Gasteiger charge is -2.37. The number of likely N-dealkylation sites (N-methyl/N-ethyl adjacent to an activating group) is 1. The van der Waals surface area contributed by atoms with Crippen LogP contribution in [-0.4, -0.2) is 85.2 Å². The Bertz CT molecular complexity index is 1230. The number of sulfonamides is 1. The van der Waals surface area contributed by atoms with Crippen molar-refractivity contribution >= 4 is 15.9 Å². The first-order chi connectivity index (χ1) is 19.6. The van der Waals surface area contributed by atoms with E-state index in [1.165, 1.54) is 43.8 Å². The van der Waals surface area contributed by atoms with Crippen molar-refractivity contribution in [1.82, 2.24) is 14.5 Å². The number of ether oxygens (including phenoxy) is 3. The first kappa shape index (κ1) is 32.8. The van der Waals surface area contributed by atoms with Gasteiger partial charge in [0.1, 0.15) is 12.4 Å². The van der Waals surface area contributed by atoms with Gasteiger partial charge in [0.2, 0.25) is 15.9 Å². The summed E-state index contributed by atoms with van der Waals surface area (Å²) in [7, 11) is 4.73. The predicted molar refractivity (Wildman–Crippen MR) is 156 cm³/mol. The highest BCUT2D eigenvalue weighted by atomic mass is 32.2. The fourth-order valence-electron chi connectivity index (χ4n) is 5.58. The van der Waals surface area contributed by atoms with Crippen molar-refractivity contribution in [3.8, 4) is 11.5 Å². The van der Waals surface area contributed by atoms with Crippen molar-refractivity contribution in [2.75, 3.05) is 61.7 Å². The minimum Gasteiger partial charge on any atom is -0.493 e. The van der Waals surface area contributed by atoms with E-state index in [1.807, 2.05) is 6.07 Å². The monoisotopic (exact) mass is 593 g/mol. The quantitative estimate of drug-likeness (QED) is 0.311. The second kappa shape index (κ2) is 15.5. The summed E-state index contributed by atoms with van der Waals surface area (Å²) in [5.74, 6) is 1.36. The van der Waals surface area contributed by atoms with E-state index in [-0.39, 0.29) is 42.4 Å². The Hall–Kier alpha value is -2.73. The molecule has 1 amide bonds. The molecule has 1 saturated carbocycles. The minimum absolute atomic E-state index is 0.0793. The van der Waals surface area contributed by atoms with Gasteiger partial charge in [-0.1, -0.05) is 25.0 Å². The van der Waals surface area contributed by atoms with Crippen molar-refractivity contribution in [1.29, 1.82) is 0 Å². The van der Waals surface area contributed by atoms with Crippen molar-refractivity contribution < 1.29 is 31.8 Å². The van der Waals surface area contributed by atoms with E-state index < -0.39 is 10.0 Å². The van der Waals surface area contributed by atoms with Gasteiger partial charge >= 0.3 is 0 Å². The highest BCUT2D eigenvalue weighted by Crippen LogP contribution is 2.40. The van der Waals surface area contributed by atoms with Crippen LogP contribution in [0.3, 0.4) is 0 Å². The fourth-order valence-corrected chi connectivity index (χ4v) is 6.75. The predicted octanol–water partition coefficient (Wildman–Crippen LogP) is 4.10. The second-order valence-electron chi connectivity index (χ2n) is 10.8. The molecule has 9 nitrogen and oxygen atoms in total. The first-order valence-electron chi connectivity index (χ1n) is 14.0. The summed E-state index contributed by atoms with van der Waals surface area (Å²) >= 11 is 0. The van der Waals surface area contributed by atoms with Crippen LogP contribution in [0.25, 0.3) is 0 Å². The number of hydrogen-bond acceptors (Lipinski definition) is 7. The molecular formula is C30H44FN3O6S. The SMILES string of the molecule is COc1ccc(S(=O)(=O)N(C)CCOCC(=O)NCCC2CCC(C(c3cccc(F)c3)N(C)C)CC2)cc1OC. The van der Waals surface area contributed by atoms with Gasteiger partial charge in [-0.3, -0.25) is 4.79 Å². The van der Waals surface area contributed by atoms with Crippen LogP contribution in [0, 0.1) is 17.7 Å². The third-order valence-electron chi connectivity index (χ3n) is 7.81. The smallest absolute Gasteiger partial charge is 0.245 e. The summed E-state index contributed by atoms with van der Waals surface area (Å²) in [6, 6.07) is 11.5. The highest BCUT2D eigenvalue weighted by Gasteiger charge is 2.30. The Kier molecular flexibility index (Phi) is 12.4. The summed E-state index contributed by atoms with van der Waals surface area (Å²) < 4.78 is 56.5. The van der Waals surface area contributed by atoms with E-state index >= 15 is 0 Å². The highest BCUT2D eigenvalue weighted by molar-refractivity contribution is 7.89. The number of halogens is 1. The Morgan fingerprint density at radius 3 is 2.37 bits per heavy atom. The van der Waals surface area contributed by atoms with Crippen LogP contribution in [0.4, 0.5) is 4.39 Å². The number of carbonyl (C=O) groups excluding carboxylic acids is 1. The van der Waals surface area contributed by atoms with Gasteiger partial charge in [0.15, 0.2) is 11.5 Å². The Labute approximate surface area is 244 Å². The van der Waals surface area contributed by atoms with Gasteiger partial charge < -0.3 is 24.4 Å². The van der Waals surface area contributed by atoms with Crippen molar-refractivity contribution in [2.45, 2.75) is 43.0 Å². The van der Waals surface area contributed by atoms with E-state index in [1.54, 1.807) is 18.2 Å². The Morgan fingerprint density at radius 2 is 1.73 bits per heavy atom. The lowest BCUT2D eigenvalue weighted by molar-refractivity contribution is -0.125. The number of nitrogens with zero attached hydrogens (tertiary/aromatic N) is 2. The standard InChI is InChI=1S/C30H44FN3O6S/c1-33(2)30(24-7-6-8-25(31)19-24)23-11-9-22(10-12-23)15-16-32-29(35)21-40-18-17-34(3)41(36,37)26-13-14-27(38-4)28(20-26)39-5/h6-8,13-14,19-20,22-23,30H,9-12,15-18,21H2,1-5H3,(H,32,35). The number of carbonyl (C=O) groups is 1. The molecule has 11 heteroatoms. The summed E-state index contributed by atoms with van der Waals surface area (Å²) in [6.45, 7) is 0.622. The molecule has 228 valence electrons. The zero-order valence-corrected chi connectivity index (χ0v) is 25.6.